The van der Waals surface area contributed by atoms with Crippen molar-refractivity contribution in [3.63, 3.8) is 0 Å². The molecular formula is C21H26NO6-. The maximum Gasteiger partial charge on any atom is 0.339 e. The Hall–Kier alpha value is -2.83. The summed E-state index contributed by atoms with van der Waals surface area (Å²) < 4.78 is 10.7. The molecule has 1 amide bonds. The minimum atomic E-state index is -1.30. The summed E-state index contributed by atoms with van der Waals surface area (Å²) in [6, 6.07) is 2.61. The van der Waals surface area contributed by atoms with E-state index in [4.69, 9.17) is 9.15 Å². The highest BCUT2D eigenvalue weighted by atomic mass is 16.5. The summed E-state index contributed by atoms with van der Waals surface area (Å²) in [5.74, 6) is -1.11. The molecule has 0 aliphatic heterocycles. The predicted molar refractivity (Wildman–Crippen MR) is 103 cm³/mol. The van der Waals surface area contributed by atoms with E-state index in [1.54, 1.807) is 13.2 Å². The fourth-order valence-corrected chi connectivity index (χ4v) is 3.24. The number of hydrogen-bond acceptors (Lipinski definition) is 6. The van der Waals surface area contributed by atoms with E-state index in [1.165, 1.54) is 0 Å². The van der Waals surface area contributed by atoms with Crippen molar-refractivity contribution in [3.05, 3.63) is 39.2 Å². The SMILES string of the molecule is CCCC[C@@H](NC(=O)CCc1c(C)c2ccc(OC)c(C)c2oc1=O)C(=O)[O-]. The van der Waals surface area contributed by atoms with Crippen LogP contribution in [0.25, 0.3) is 11.0 Å². The fourth-order valence-electron chi connectivity index (χ4n) is 3.24. The molecule has 28 heavy (non-hydrogen) atoms. The molecule has 152 valence electrons. The van der Waals surface area contributed by atoms with E-state index in [2.05, 4.69) is 5.32 Å². The number of carboxylic acids is 1. The van der Waals surface area contributed by atoms with Gasteiger partial charge in [0.25, 0.3) is 0 Å². The second kappa shape index (κ2) is 9.39. The van der Waals surface area contributed by atoms with E-state index in [-0.39, 0.29) is 12.8 Å². The number of fused-ring (bicyclic) bond motifs is 1. The van der Waals surface area contributed by atoms with Gasteiger partial charge in [0.15, 0.2) is 0 Å². The van der Waals surface area contributed by atoms with Gasteiger partial charge in [-0.15, -0.1) is 0 Å². The molecule has 0 saturated heterocycles. The Bertz CT molecular complexity index is 931. The van der Waals surface area contributed by atoms with Crippen molar-refractivity contribution < 1.29 is 23.8 Å². The first-order valence-electron chi connectivity index (χ1n) is 9.40. The Kier molecular flexibility index (Phi) is 7.20. The highest BCUT2D eigenvalue weighted by Crippen LogP contribution is 2.29. The lowest BCUT2D eigenvalue weighted by Crippen LogP contribution is -2.47. The summed E-state index contributed by atoms with van der Waals surface area (Å²) in [5.41, 5.74) is 1.85. The van der Waals surface area contributed by atoms with E-state index in [0.29, 0.717) is 29.7 Å². The largest absolute Gasteiger partial charge is 0.548 e. The van der Waals surface area contributed by atoms with Gasteiger partial charge in [-0.25, -0.2) is 4.79 Å². The number of methoxy groups -OCH3 is 1. The third-order valence-electron chi connectivity index (χ3n) is 4.94. The molecule has 2 rings (SSSR count). The molecule has 0 radical (unpaired) electrons. The molecule has 2 aromatic rings. The number of rotatable bonds is 9. The molecule has 7 nitrogen and oxygen atoms in total. The van der Waals surface area contributed by atoms with Crippen molar-refractivity contribution in [1.29, 1.82) is 0 Å². The van der Waals surface area contributed by atoms with Crippen LogP contribution < -0.4 is 20.8 Å². The lowest BCUT2D eigenvalue weighted by atomic mass is 10.00. The number of aliphatic carboxylic acids is 1. The number of benzene rings is 1. The third-order valence-corrected chi connectivity index (χ3v) is 4.94. The van der Waals surface area contributed by atoms with Crippen LogP contribution in [0.5, 0.6) is 5.75 Å². The molecule has 1 aromatic heterocycles. The Morgan fingerprint density at radius 1 is 1.25 bits per heavy atom. The molecule has 0 fully saturated rings. The Morgan fingerprint density at radius 2 is 1.96 bits per heavy atom. The van der Waals surface area contributed by atoms with Gasteiger partial charge >= 0.3 is 5.63 Å². The van der Waals surface area contributed by atoms with Gasteiger partial charge in [-0.2, -0.15) is 0 Å². The van der Waals surface area contributed by atoms with Gasteiger partial charge in [0.05, 0.1) is 19.1 Å². The zero-order chi connectivity index (χ0) is 20.8. The predicted octanol–water partition coefficient (Wildman–Crippen LogP) is 1.78. The molecule has 0 bridgehead atoms. The second-order valence-electron chi connectivity index (χ2n) is 6.84. The summed E-state index contributed by atoms with van der Waals surface area (Å²) in [7, 11) is 1.55. The Balaban J connectivity index is 2.19. The summed E-state index contributed by atoms with van der Waals surface area (Å²) in [5, 5.41) is 14.4. The number of aryl methyl sites for hydroxylation is 2. The van der Waals surface area contributed by atoms with Crippen LogP contribution in [0.15, 0.2) is 21.3 Å². The Labute approximate surface area is 163 Å². The summed E-state index contributed by atoms with van der Waals surface area (Å²) in [6.45, 7) is 5.56. The summed E-state index contributed by atoms with van der Waals surface area (Å²) >= 11 is 0. The first kappa shape index (κ1) is 21.5. The Morgan fingerprint density at radius 3 is 2.57 bits per heavy atom. The van der Waals surface area contributed by atoms with Crippen LogP contribution in [0, 0.1) is 13.8 Å². The van der Waals surface area contributed by atoms with Crippen LogP contribution in [0.3, 0.4) is 0 Å². The van der Waals surface area contributed by atoms with Crippen molar-refractivity contribution in [2.75, 3.05) is 7.11 Å². The van der Waals surface area contributed by atoms with Crippen LogP contribution >= 0.6 is 0 Å². The van der Waals surface area contributed by atoms with Gasteiger partial charge in [0.1, 0.15) is 11.3 Å². The molecule has 0 saturated carbocycles. The molecule has 1 atom stereocenters. The highest BCUT2D eigenvalue weighted by Gasteiger charge is 2.17. The van der Waals surface area contributed by atoms with Crippen LogP contribution in [0.1, 0.15) is 49.3 Å². The van der Waals surface area contributed by atoms with Gasteiger partial charge in [0, 0.05) is 22.9 Å². The van der Waals surface area contributed by atoms with Gasteiger partial charge in [-0.1, -0.05) is 19.8 Å². The third kappa shape index (κ3) is 4.71. The number of hydrogen-bond donors (Lipinski definition) is 1. The molecule has 1 heterocycles. The molecule has 0 spiro atoms. The van der Waals surface area contributed by atoms with Gasteiger partial charge < -0.3 is 24.4 Å². The number of carbonyl (C=O) groups is 2. The van der Waals surface area contributed by atoms with E-state index < -0.39 is 23.5 Å². The first-order chi connectivity index (χ1) is 13.3. The van der Waals surface area contributed by atoms with Gasteiger partial charge in [0.2, 0.25) is 5.91 Å². The molecule has 7 heteroatoms. The number of carboxylic acid groups (broad SMARTS) is 1. The summed E-state index contributed by atoms with van der Waals surface area (Å²) in [6.07, 6.45) is 1.97. The van der Waals surface area contributed by atoms with Crippen LogP contribution in [-0.4, -0.2) is 25.0 Å². The molecule has 1 N–H and O–H groups in total. The smallest absolute Gasteiger partial charge is 0.339 e. The lowest BCUT2D eigenvalue weighted by molar-refractivity contribution is -0.308. The minimum absolute atomic E-state index is 0.0118. The van der Waals surface area contributed by atoms with E-state index in [9.17, 15) is 19.5 Å². The maximum absolute atomic E-state index is 12.4. The minimum Gasteiger partial charge on any atom is -0.548 e. The topological polar surface area (TPSA) is 109 Å². The van der Waals surface area contributed by atoms with E-state index >= 15 is 0 Å². The van der Waals surface area contributed by atoms with Crippen LogP contribution in [0.2, 0.25) is 0 Å². The molecule has 0 aliphatic carbocycles. The van der Waals surface area contributed by atoms with Crippen LogP contribution in [0.4, 0.5) is 0 Å². The van der Waals surface area contributed by atoms with Crippen molar-refractivity contribution in [2.24, 2.45) is 0 Å². The van der Waals surface area contributed by atoms with E-state index in [1.807, 2.05) is 26.8 Å². The van der Waals surface area contributed by atoms with Crippen molar-refractivity contribution in [1.82, 2.24) is 5.32 Å². The highest BCUT2D eigenvalue weighted by molar-refractivity contribution is 5.86. The van der Waals surface area contributed by atoms with Crippen molar-refractivity contribution in [3.8, 4) is 5.75 Å². The second-order valence-corrected chi connectivity index (χ2v) is 6.84. The van der Waals surface area contributed by atoms with Crippen molar-refractivity contribution >= 4 is 22.8 Å². The standard InChI is InChI=1S/C21H27NO6/c1-5-6-7-16(20(24)25)22-18(23)11-9-15-12(2)14-8-10-17(27-4)13(3)19(14)28-21(15)26/h8,10,16H,5-7,9,11H2,1-4H3,(H,22,23)(H,24,25)/p-1/t16-/m1/s1. The number of unbranched alkanes of at least 4 members (excludes halogenated alkanes) is 1. The number of nitrogens with one attached hydrogen (secondary N) is 1. The zero-order valence-electron chi connectivity index (χ0n) is 16.7. The lowest BCUT2D eigenvalue weighted by Gasteiger charge is -2.19. The van der Waals surface area contributed by atoms with Crippen LogP contribution in [-0.2, 0) is 16.0 Å². The fraction of sp³-hybridized carbons (Fsp3) is 0.476. The molecular weight excluding hydrogens is 362 g/mol. The van der Waals surface area contributed by atoms with E-state index in [0.717, 1.165) is 22.9 Å². The molecule has 1 aromatic carbocycles. The van der Waals surface area contributed by atoms with Crippen molar-refractivity contribution in [2.45, 2.75) is 58.9 Å². The zero-order valence-corrected chi connectivity index (χ0v) is 16.7. The molecule has 0 aliphatic rings. The average Bonchev–Trinajstić information content (AvgIpc) is 2.65. The maximum atomic E-state index is 12.4. The normalized spacial score (nSPS) is 12.0. The van der Waals surface area contributed by atoms with Gasteiger partial charge in [-0.05, 0) is 44.4 Å². The van der Waals surface area contributed by atoms with Gasteiger partial charge in [-0.3, -0.25) is 4.79 Å². The number of ether oxygens (including phenoxy) is 1. The quantitative estimate of drug-likeness (QED) is 0.656. The molecule has 0 unspecified atom stereocenters. The first-order valence-corrected chi connectivity index (χ1v) is 9.40. The number of carbonyl (C=O) groups excluding carboxylic acids is 2. The monoisotopic (exact) mass is 388 g/mol. The summed E-state index contributed by atoms with van der Waals surface area (Å²) in [4.78, 5) is 35.8. The number of amides is 1. The average molecular weight is 388 g/mol.